The Hall–Kier alpha value is -2.49. The number of aromatic nitrogens is 3. The molecule has 0 amide bonds. The highest BCUT2D eigenvalue weighted by Crippen LogP contribution is 2.66. The van der Waals surface area contributed by atoms with Crippen molar-refractivity contribution in [2.45, 2.75) is 76.5 Å². The van der Waals surface area contributed by atoms with Gasteiger partial charge in [-0.05, 0) is 37.2 Å². The molecule has 9 nitrogen and oxygen atoms in total. The second-order valence-corrected chi connectivity index (χ2v) is 17.1. The minimum absolute atomic E-state index is 0.0298. The van der Waals surface area contributed by atoms with Crippen LogP contribution in [-0.2, 0) is 20.4 Å². The Morgan fingerprint density at radius 1 is 1.25 bits per heavy atom. The zero-order valence-corrected chi connectivity index (χ0v) is 23.4. The molecule has 3 aromatic rings. The van der Waals surface area contributed by atoms with Gasteiger partial charge in [0.25, 0.3) is 0 Å². The third kappa shape index (κ3) is 3.15. The second kappa shape index (κ2) is 7.75. The van der Waals surface area contributed by atoms with Gasteiger partial charge in [0.2, 0.25) is 11.8 Å². The predicted octanol–water partition coefficient (Wildman–Crippen LogP) is 4.63. The zero-order chi connectivity index (χ0) is 26.4. The number of fused-ring (bicyclic) bond motifs is 6. The van der Waals surface area contributed by atoms with E-state index in [0.717, 1.165) is 11.7 Å². The summed E-state index contributed by atoms with van der Waals surface area (Å²) in [5.74, 6) is -0.606. The van der Waals surface area contributed by atoms with E-state index in [-0.39, 0.29) is 29.1 Å². The number of benzene rings is 1. The maximum atomic E-state index is 11.6. The fourth-order valence-electron chi connectivity index (χ4n) is 5.34. The van der Waals surface area contributed by atoms with Gasteiger partial charge in [-0.25, -0.2) is 4.57 Å². The summed E-state index contributed by atoms with van der Waals surface area (Å²) in [7, 11) is -2.06. The molecule has 4 heterocycles. The largest absolute Gasteiger partial charge is 0.494 e. The van der Waals surface area contributed by atoms with Crippen molar-refractivity contribution in [2.75, 3.05) is 6.61 Å². The summed E-state index contributed by atoms with van der Waals surface area (Å²) in [6.45, 7) is 15.0. The molecule has 1 saturated heterocycles. The van der Waals surface area contributed by atoms with Gasteiger partial charge in [0.05, 0.1) is 40.2 Å². The zero-order valence-electron chi connectivity index (χ0n) is 21.6. The lowest BCUT2D eigenvalue weighted by Crippen LogP contribution is -2.44. The van der Waals surface area contributed by atoms with E-state index in [1.54, 1.807) is 19.1 Å². The van der Waals surface area contributed by atoms with Crippen molar-refractivity contribution in [1.29, 1.82) is 5.26 Å². The van der Waals surface area contributed by atoms with E-state index in [4.69, 9.17) is 9.16 Å². The van der Waals surface area contributed by atoms with Gasteiger partial charge in [-0.2, -0.15) is 14.0 Å². The molecule has 0 spiro atoms. The molecule has 4 atom stereocenters. The summed E-state index contributed by atoms with van der Waals surface area (Å²) in [5.41, 5.74) is 0.187. The lowest BCUT2D eigenvalue weighted by Gasteiger charge is -2.39. The summed E-state index contributed by atoms with van der Waals surface area (Å²) < 4.78 is 22.9. The Balaban J connectivity index is 1.65. The average Bonchev–Trinajstić information content (AvgIpc) is 3.51. The first-order valence-corrected chi connectivity index (χ1v) is 15.7. The van der Waals surface area contributed by atoms with Crippen LogP contribution < -0.4 is 0 Å². The van der Waals surface area contributed by atoms with Crippen molar-refractivity contribution in [3.05, 3.63) is 28.8 Å². The monoisotopic (exact) mass is 528 g/mol. The Morgan fingerprint density at radius 2 is 1.89 bits per heavy atom. The van der Waals surface area contributed by atoms with E-state index in [9.17, 15) is 20.6 Å². The molecule has 2 aliphatic rings. The molecule has 0 radical (unpaired) electrons. The maximum absolute atomic E-state index is 11.6. The van der Waals surface area contributed by atoms with Gasteiger partial charge in [0.15, 0.2) is 8.32 Å². The molecule has 3 unspecified atom stereocenters. The fourth-order valence-corrected chi connectivity index (χ4v) is 7.01. The van der Waals surface area contributed by atoms with Crippen LogP contribution >= 0.6 is 11.7 Å². The van der Waals surface area contributed by atoms with Gasteiger partial charge in [-0.15, -0.1) is 0 Å². The standard InChI is InChI=1S/C25H32N4O5SSi/c1-13(12-33-36(6,7)23(2,3)4)25-10-16(30)24(5,34-25)17-18(25)22(32)29(21(17)31)15-9-8-14(11-26)19-20(15)28-35-27-19/h8-9,13,16,30-32H,10,12H2,1-7H3/t13?,16-,24?,25?/m0/s1. The van der Waals surface area contributed by atoms with Crippen molar-refractivity contribution >= 4 is 31.1 Å². The Kier molecular flexibility index (Phi) is 5.42. The highest BCUT2D eigenvalue weighted by atomic mass is 32.1. The van der Waals surface area contributed by atoms with Crippen LogP contribution in [0.25, 0.3) is 16.7 Å². The van der Waals surface area contributed by atoms with Gasteiger partial charge < -0.3 is 24.5 Å². The van der Waals surface area contributed by atoms with Crippen molar-refractivity contribution in [1.82, 2.24) is 13.3 Å². The smallest absolute Gasteiger partial charge is 0.205 e. The first-order valence-electron chi connectivity index (χ1n) is 12.0. The SMILES string of the molecule is CC(CO[Si](C)(C)C(C)(C)C)C12C[C@H](O)C(C)(O1)c1c2c(O)n(-c2ccc(C#N)c3nsnc23)c1O. The minimum atomic E-state index is -2.06. The highest BCUT2D eigenvalue weighted by molar-refractivity contribution is 7.00. The summed E-state index contributed by atoms with van der Waals surface area (Å²) >= 11 is 0.957. The van der Waals surface area contributed by atoms with Gasteiger partial charge in [-0.3, -0.25) is 0 Å². The van der Waals surface area contributed by atoms with Crippen LogP contribution in [0.1, 0.15) is 57.7 Å². The Bertz CT molecular complexity index is 1420. The summed E-state index contributed by atoms with van der Waals surface area (Å²) in [4.78, 5) is 0. The van der Waals surface area contributed by atoms with Crippen LogP contribution in [-0.4, -0.2) is 49.7 Å². The van der Waals surface area contributed by atoms with Crippen LogP contribution in [0.2, 0.25) is 18.1 Å². The number of aliphatic hydroxyl groups is 1. The molecule has 1 aromatic carbocycles. The van der Waals surface area contributed by atoms with Crippen LogP contribution in [0.5, 0.6) is 11.8 Å². The molecule has 2 bridgehead atoms. The predicted molar refractivity (Wildman–Crippen MR) is 138 cm³/mol. The molecule has 192 valence electrons. The van der Waals surface area contributed by atoms with Crippen LogP contribution in [0, 0.1) is 17.2 Å². The van der Waals surface area contributed by atoms with Crippen molar-refractivity contribution in [3.8, 4) is 23.5 Å². The number of hydrogen-bond donors (Lipinski definition) is 3. The molecular weight excluding hydrogens is 496 g/mol. The number of aliphatic hydroxyl groups excluding tert-OH is 1. The molecule has 36 heavy (non-hydrogen) atoms. The lowest BCUT2D eigenvalue weighted by atomic mass is 9.72. The van der Waals surface area contributed by atoms with Crippen molar-refractivity contribution in [2.24, 2.45) is 5.92 Å². The minimum Gasteiger partial charge on any atom is -0.494 e. The van der Waals surface area contributed by atoms with Crippen molar-refractivity contribution < 1.29 is 24.5 Å². The summed E-state index contributed by atoms with van der Waals surface area (Å²) in [6, 6.07) is 5.33. The molecular formula is C25H32N4O5SSi. The van der Waals surface area contributed by atoms with Crippen LogP contribution in [0.15, 0.2) is 12.1 Å². The van der Waals surface area contributed by atoms with Gasteiger partial charge in [0, 0.05) is 18.9 Å². The van der Waals surface area contributed by atoms with E-state index < -0.39 is 25.6 Å². The number of aromatic hydroxyl groups is 2. The van der Waals surface area contributed by atoms with Crippen LogP contribution in [0.3, 0.4) is 0 Å². The van der Waals surface area contributed by atoms with Gasteiger partial charge in [-0.1, -0.05) is 27.7 Å². The van der Waals surface area contributed by atoms with Gasteiger partial charge >= 0.3 is 0 Å². The van der Waals surface area contributed by atoms with E-state index in [1.165, 1.54) is 4.57 Å². The first kappa shape index (κ1) is 25.2. The van der Waals surface area contributed by atoms with Crippen molar-refractivity contribution in [3.63, 3.8) is 0 Å². The Labute approximate surface area is 215 Å². The van der Waals surface area contributed by atoms with Gasteiger partial charge in [0.1, 0.15) is 28.3 Å². The number of ether oxygens (including phenoxy) is 1. The Morgan fingerprint density at radius 3 is 2.53 bits per heavy atom. The molecule has 11 heteroatoms. The quantitative estimate of drug-likeness (QED) is 0.408. The topological polar surface area (TPSA) is 134 Å². The second-order valence-electron chi connectivity index (χ2n) is 11.7. The molecule has 3 N–H and O–H groups in total. The molecule has 5 rings (SSSR count). The number of rotatable bonds is 5. The third-order valence-corrected chi connectivity index (χ3v) is 13.6. The molecule has 2 aliphatic heterocycles. The normalized spacial score (nSPS) is 26.4. The van der Waals surface area contributed by atoms with E-state index in [2.05, 4.69) is 48.7 Å². The average molecular weight is 529 g/mol. The summed E-state index contributed by atoms with van der Waals surface area (Å²) in [6.07, 6.45) is -0.597. The molecule has 2 aromatic heterocycles. The lowest BCUT2D eigenvalue weighted by molar-refractivity contribution is -0.128. The third-order valence-electron chi connectivity index (χ3n) is 8.62. The summed E-state index contributed by atoms with van der Waals surface area (Å²) in [5, 5.41) is 43.6. The van der Waals surface area contributed by atoms with E-state index in [1.807, 2.05) is 6.92 Å². The maximum Gasteiger partial charge on any atom is 0.205 e. The fraction of sp³-hybridized carbons (Fsp3) is 0.560. The molecule has 1 fully saturated rings. The number of nitrogens with zero attached hydrogens (tertiary/aromatic N) is 4. The van der Waals surface area contributed by atoms with Crippen LogP contribution in [0.4, 0.5) is 0 Å². The van der Waals surface area contributed by atoms with E-state index in [0.29, 0.717) is 40.0 Å². The first-order chi connectivity index (χ1) is 16.7. The molecule has 0 aliphatic carbocycles. The molecule has 0 saturated carbocycles. The number of hydrogen-bond acceptors (Lipinski definition) is 9. The number of nitriles is 1. The highest BCUT2D eigenvalue weighted by Gasteiger charge is 2.68. The van der Waals surface area contributed by atoms with E-state index >= 15 is 0 Å².